The first kappa shape index (κ1) is 22.0. The number of benzene rings is 3. The van der Waals surface area contributed by atoms with E-state index in [4.69, 9.17) is 10.1 Å². The van der Waals surface area contributed by atoms with Crippen molar-refractivity contribution < 1.29 is 9.23 Å². The topological polar surface area (TPSA) is 50.3 Å². The van der Waals surface area contributed by atoms with Crippen molar-refractivity contribution in [3.8, 4) is 23.0 Å². The van der Waals surface area contributed by atoms with Crippen LogP contribution in [0.5, 0.6) is 0 Å². The molecule has 0 spiro atoms. The zero-order valence-corrected chi connectivity index (χ0v) is 18.8. The van der Waals surface area contributed by atoms with Gasteiger partial charge < -0.3 is 9.40 Å². The fraction of sp³-hybridized carbons (Fsp3) is 0.143. The van der Waals surface area contributed by atoms with Crippen LogP contribution in [0.4, 0.5) is 4.39 Å². The van der Waals surface area contributed by atoms with Gasteiger partial charge in [-0.2, -0.15) is 5.26 Å². The van der Waals surface area contributed by atoms with Crippen LogP contribution in [0.1, 0.15) is 34.9 Å². The molecule has 1 heterocycles. The minimum atomic E-state index is -0.265. The number of oxime groups is 1. The van der Waals surface area contributed by atoms with Crippen LogP contribution in [0, 0.1) is 31.0 Å². The van der Waals surface area contributed by atoms with Crippen LogP contribution in [0.25, 0.3) is 16.9 Å². The van der Waals surface area contributed by atoms with Crippen molar-refractivity contribution in [1.29, 1.82) is 5.26 Å². The summed E-state index contributed by atoms with van der Waals surface area (Å²) in [5, 5.41) is 13.3. The molecule has 164 valence electrons. The Morgan fingerprint density at radius 3 is 2.39 bits per heavy atom. The Morgan fingerprint density at radius 2 is 1.73 bits per heavy atom. The summed E-state index contributed by atoms with van der Waals surface area (Å²) in [7, 11) is 0. The highest BCUT2D eigenvalue weighted by Gasteiger charge is 2.17. The lowest BCUT2D eigenvalue weighted by atomic mass is 10.1. The van der Waals surface area contributed by atoms with E-state index in [2.05, 4.69) is 47.0 Å². The Hall–Kier alpha value is -4.17. The second-order valence-electron chi connectivity index (χ2n) is 7.97. The van der Waals surface area contributed by atoms with Crippen LogP contribution in [-0.2, 0) is 11.4 Å². The first-order valence-corrected chi connectivity index (χ1v) is 10.7. The first-order valence-electron chi connectivity index (χ1n) is 10.7. The quantitative estimate of drug-likeness (QED) is 0.249. The van der Waals surface area contributed by atoms with Crippen LogP contribution >= 0.6 is 0 Å². The van der Waals surface area contributed by atoms with Gasteiger partial charge in [-0.3, -0.25) is 0 Å². The zero-order valence-electron chi connectivity index (χ0n) is 18.8. The Balaban J connectivity index is 1.69. The van der Waals surface area contributed by atoms with E-state index in [-0.39, 0.29) is 5.82 Å². The van der Waals surface area contributed by atoms with Gasteiger partial charge in [0.05, 0.1) is 23.0 Å². The molecule has 3 aromatic carbocycles. The molecule has 0 radical (unpaired) electrons. The molecule has 1 aromatic heterocycles. The molecule has 0 aliphatic rings. The molecule has 0 N–H and O–H groups in total. The van der Waals surface area contributed by atoms with E-state index in [0.717, 1.165) is 45.0 Å². The van der Waals surface area contributed by atoms with Gasteiger partial charge in [-0.25, -0.2) is 4.39 Å². The van der Waals surface area contributed by atoms with Crippen LogP contribution in [-0.4, -0.2) is 10.3 Å². The summed E-state index contributed by atoms with van der Waals surface area (Å²) < 4.78 is 15.7. The maximum Gasteiger partial charge on any atom is 0.142 e. The van der Waals surface area contributed by atoms with Gasteiger partial charge in [-0.1, -0.05) is 29.4 Å². The number of nitriles is 1. The Bertz CT molecular complexity index is 1340. The number of hydrogen-bond acceptors (Lipinski definition) is 3. The van der Waals surface area contributed by atoms with E-state index in [0.29, 0.717) is 12.2 Å². The lowest BCUT2D eigenvalue weighted by molar-refractivity contribution is 0.130. The SMILES string of the molecule is CC(=NOCc1ccc(C#N)cc1)c1cc(-c2ccc(F)cc2)n(-c2cccc(C)c2)c1C. The average molecular weight is 438 g/mol. The summed E-state index contributed by atoms with van der Waals surface area (Å²) in [5.41, 5.74) is 8.32. The Labute approximate surface area is 193 Å². The van der Waals surface area contributed by atoms with Gasteiger partial charge in [0.15, 0.2) is 0 Å². The minimum absolute atomic E-state index is 0.265. The fourth-order valence-corrected chi connectivity index (χ4v) is 3.83. The van der Waals surface area contributed by atoms with E-state index in [1.54, 1.807) is 24.3 Å². The molecule has 4 nitrogen and oxygen atoms in total. The molecule has 0 unspecified atom stereocenters. The van der Waals surface area contributed by atoms with E-state index < -0.39 is 0 Å². The molecule has 0 fully saturated rings. The predicted molar refractivity (Wildman–Crippen MR) is 129 cm³/mol. The monoisotopic (exact) mass is 437 g/mol. The largest absolute Gasteiger partial charge is 0.391 e. The highest BCUT2D eigenvalue weighted by molar-refractivity contribution is 6.01. The second kappa shape index (κ2) is 9.54. The van der Waals surface area contributed by atoms with Crippen molar-refractivity contribution in [2.75, 3.05) is 0 Å². The molecule has 0 saturated heterocycles. The molecule has 0 saturated carbocycles. The molecule has 4 aromatic rings. The van der Waals surface area contributed by atoms with Crippen molar-refractivity contribution in [1.82, 2.24) is 4.57 Å². The lowest BCUT2D eigenvalue weighted by Gasteiger charge is -2.13. The third-order valence-electron chi connectivity index (χ3n) is 5.55. The number of rotatable bonds is 6. The molecule has 33 heavy (non-hydrogen) atoms. The van der Waals surface area contributed by atoms with Gasteiger partial charge in [0, 0.05) is 16.9 Å². The molecule has 4 rings (SSSR count). The van der Waals surface area contributed by atoms with Gasteiger partial charge in [0.1, 0.15) is 12.4 Å². The van der Waals surface area contributed by atoms with Crippen LogP contribution in [0.15, 0.2) is 84.0 Å². The van der Waals surface area contributed by atoms with Crippen molar-refractivity contribution >= 4 is 5.71 Å². The van der Waals surface area contributed by atoms with Gasteiger partial charge in [0.25, 0.3) is 0 Å². The lowest BCUT2D eigenvalue weighted by Crippen LogP contribution is -2.03. The number of aromatic nitrogens is 1. The summed E-state index contributed by atoms with van der Waals surface area (Å²) in [6.45, 7) is 6.33. The number of nitrogens with zero attached hydrogens (tertiary/aromatic N) is 3. The van der Waals surface area contributed by atoms with Crippen LogP contribution in [0.2, 0.25) is 0 Å². The van der Waals surface area contributed by atoms with Gasteiger partial charge in [0.2, 0.25) is 0 Å². The Kier molecular flexibility index (Phi) is 6.37. The predicted octanol–water partition coefficient (Wildman–Crippen LogP) is 6.71. The highest BCUT2D eigenvalue weighted by Crippen LogP contribution is 2.30. The summed E-state index contributed by atoms with van der Waals surface area (Å²) in [6.07, 6.45) is 0. The van der Waals surface area contributed by atoms with E-state index in [1.165, 1.54) is 12.1 Å². The Morgan fingerprint density at radius 1 is 1.00 bits per heavy atom. The van der Waals surface area contributed by atoms with Crippen molar-refractivity contribution in [2.24, 2.45) is 5.16 Å². The third kappa shape index (κ3) is 4.86. The summed E-state index contributed by atoms with van der Waals surface area (Å²) in [4.78, 5) is 5.61. The number of halogens is 1. The fourth-order valence-electron chi connectivity index (χ4n) is 3.83. The molecular formula is C28H24FN3O. The van der Waals surface area contributed by atoms with Crippen molar-refractivity contribution in [3.63, 3.8) is 0 Å². The number of hydrogen-bond donors (Lipinski definition) is 0. The molecule has 5 heteroatoms. The maximum atomic E-state index is 13.6. The molecule has 0 atom stereocenters. The second-order valence-corrected chi connectivity index (χ2v) is 7.97. The number of aryl methyl sites for hydroxylation is 1. The van der Waals surface area contributed by atoms with E-state index in [1.807, 2.05) is 32.0 Å². The zero-order chi connectivity index (χ0) is 23.4. The molecule has 0 bridgehead atoms. The van der Waals surface area contributed by atoms with Crippen molar-refractivity contribution in [3.05, 3.63) is 113 Å². The first-order chi connectivity index (χ1) is 16.0. The normalized spacial score (nSPS) is 11.3. The third-order valence-corrected chi connectivity index (χ3v) is 5.55. The minimum Gasteiger partial charge on any atom is -0.391 e. The maximum absolute atomic E-state index is 13.6. The van der Waals surface area contributed by atoms with Crippen molar-refractivity contribution in [2.45, 2.75) is 27.4 Å². The van der Waals surface area contributed by atoms with E-state index >= 15 is 0 Å². The van der Waals surface area contributed by atoms with Gasteiger partial charge in [-0.15, -0.1) is 0 Å². The van der Waals surface area contributed by atoms with Gasteiger partial charge in [-0.05, 0) is 92.1 Å². The van der Waals surface area contributed by atoms with Crippen LogP contribution in [0.3, 0.4) is 0 Å². The molecule has 0 amide bonds. The molecular weight excluding hydrogens is 413 g/mol. The van der Waals surface area contributed by atoms with E-state index in [9.17, 15) is 4.39 Å². The highest BCUT2D eigenvalue weighted by atomic mass is 19.1. The summed E-state index contributed by atoms with van der Waals surface area (Å²) >= 11 is 0. The molecule has 0 aliphatic carbocycles. The smallest absolute Gasteiger partial charge is 0.142 e. The average Bonchev–Trinajstić information content (AvgIpc) is 3.17. The molecule has 0 aliphatic heterocycles. The van der Waals surface area contributed by atoms with Crippen LogP contribution < -0.4 is 0 Å². The standard InChI is InChI=1S/C28H24FN3O/c1-19-5-4-6-26(15-19)32-21(3)27(16-28(32)24-11-13-25(29)14-12-24)20(2)31-33-18-23-9-7-22(17-30)8-10-23/h4-16H,18H2,1-3H3. The van der Waals surface area contributed by atoms with Gasteiger partial charge >= 0.3 is 0 Å². The summed E-state index contributed by atoms with van der Waals surface area (Å²) in [5.74, 6) is -0.265. The summed E-state index contributed by atoms with van der Waals surface area (Å²) in [6, 6.07) is 26.2.